The van der Waals surface area contributed by atoms with Crippen molar-refractivity contribution in [1.29, 1.82) is 0 Å². The third kappa shape index (κ3) is 3.76. The van der Waals surface area contributed by atoms with Crippen molar-refractivity contribution in [3.05, 3.63) is 0 Å². The summed E-state index contributed by atoms with van der Waals surface area (Å²) < 4.78 is 0. The minimum absolute atomic E-state index is 0.659. The van der Waals surface area contributed by atoms with Crippen LogP contribution in [-0.4, -0.2) is 36.6 Å². The highest BCUT2D eigenvalue weighted by Crippen LogP contribution is 2.17. The van der Waals surface area contributed by atoms with Gasteiger partial charge in [-0.05, 0) is 25.2 Å². The van der Waals surface area contributed by atoms with Gasteiger partial charge in [-0.25, -0.2) is 0 Å². The van der Waals surface area contributed by atoms with Crippen LogP contribution >= 0.6 is 0 Å². The zero-order valence-electron chi connectivity index (χ0n) is 11.1. The Morgan fingerprint density at radius 3 is 2.53 bits per heavy atom. The van der Waals surface area contributed by atoms with E-state index in [2.05, 4.69) is 44.8 Å². The molecule has 15 heavy (non-hydrogen) atoms. The van der Waals surface area contributed by atoms with Crippen molar-refractivity contribution >= 4 is 0 Å². The molecule has 2 heteroatoms. The fourth-order valence-corrected chi connectivity index (χ4v) is 2.24. The normalized spacial score (nSPS) is 30.8. The summed E-state index contributed by atoms with van der Waals surface area (Å²) in [7, 11) is 0. The molecule has 90 valence electrons. The summed E-state index contributed by atoms with van der Waals surface area (Å²) in [5, 5.41) is 3.57. The van der Waals surface area contributed by atoms with Gasteiger partial charge < -0.3 is 5.32 Å². The van der Waals surface area contributed by atoms with Gasteiger partial charge in [0.25, 0.3) is 0 Å². The van der Waals surface area contributed by atoms with E-state index in [1.54, 1.807) is 0 Å². The van der Waals surface area contributed by atoms with Gasteiger partial charge in [0.15, 0.2) is 0 Å². The van der Waals surface area contributed by atoms with Crippen LogP contribution in [0.25, 0.3) is 0 Å². The standard InChI is InChI=1S/C13H28N2/c1-6-13-7-14-12(5)9-15(13)8-11(4)10(2)3/h10-14H,6-9H2,1-5H3. The van der Waals surface area contributed by atoms with Crippen LogP contribution in [0.4, 0.5) is 0 Å². The molecule has 0 aromatic heterocycles. The molecule has 0 aromatic carbocycles. The molecule has 3 unspecified atom stereocenters. The lowest BCUT2D eigenvalue weighted by atomic mass is 9.95. The highest BCUT2D eigenvalue weighted by Gasteiger charge is 2.25. The van der Waals surface area contributed by atoms with Gasteiger partial charge in [0.2, 0.25) is 0 Å². The molecule has 1 saturated heterocycles. The van der Waals surface area contributed by atoms with Crippen molar-refractivity contribution in [2.24, 2.45) is 11.8 Å². The van der Waals surface area contributed by atoms with Crippen molar-refractivity contribution < 1.29 is 0 Å². The minimum Gasteiger partial charge on any atom is -0.311 e. The Kier molecular flexibility index (Phi) is 5.07. The quantitative estimate of drug-likeness (QED) is 0.769. The van der Waals surface area contributed by atoms with Crippen LogP contribution in [0, 0.1) is 11.8 Å². The van der Waals surface area contributed by atoms with E-state index in [4.69, 9.17) is 0 Å². The third-order valence-electron chi connectivity index (χ3n) is 3.86. The molecule has 0 spiro atoms. The fourth-order valence-electron chi connectivity index (χ4n) is 2.24. The molecule has 1 N–H and O–H groups in total. The molecule has 0 aliphatic carbocycles. The van der Waals surface area contributed by atoms with Crippen LogP contribution < -0.4 is 5.32 Å². The second-order valence-corrected chi connectivity index (χ2v) is 5.55. The second-order valence-electron chi connectivity index (χ2n) is 5.55. The van der Waals surface area contributed by atoms with Crippen molar-refractivity contribution in [3.8, 4) is 0 Å². The maximum atomic E-state index is 3.57. The summed E-state index contributed by atoms with van der Waals surface area (Å²) in [6.45, 7) is 15.3. The Hall–Kier alpha value is -0.0800. The van der Waals surface area contributed by atoms with Gasteiger partial charge in [0, 0.05) is 31.7 Å². The van der Waals surface area contributed by atoms with E-state index in [0.29, 0.717) is 6.04 Å². The average molecular weight is 212 g/mol. The highest BCUT2D eigenvalue weighted by atomic mass is 15.2. The van der Waals surface area contributed by atoms with Crippen LogP contribution in [0.2, 0.25) is 0 Å². The van der Waals surface area contributed by atoms with Crippen LogP contribution in [0.5, 0.6) is 0 Å². The number of nitrogens with zero attached hydrogens (tertiary/aromatic N) is 1. The van der Waals surface area contributed by atoms with Crippen LogP contribution in [-0.2, 0) is 0 Å². The Morgan fingerprint density at radius 2 is 2.00 bits per heavy atom. The first-order valence-corrected chi connectivity index (χ1v) is 6.52. The predicted molar refractivity (Wildman–Crippen MR) is 67.1 cm³/mol. The zero-order chi connectivity index (χ0) is 11.4. The van der Waals surface area contributed by atoms with E-state index in [9.17, 15) is 0 Å². The molecular formula is C13H28N2. The van der Waals surface area contributed by atoms with Crippen molar-refractivity contribution in [1.82, 2.24) is 10.2 Å². The van der Waals surface area contributed by atoms with E-state index in [1.165, 1.54) is 26.1 Å². The van der Waals surface area contributed by atoms with E-state index >= 15 is 0 Å². The Morgan fingerprint density at radius 1 is 1.33 bits per heavy atom. The minimum atomic E-state index is 0.659. The first-order chi connectivity index (χ1) is 7.04. The van der Waals surface area contributed by atoms with E-state index in [0.717, 1.165) is 17.9 Å². The predicted octanol–water partition coefficient (Wildman–Crippen LogP) is 2.35. The number of rotatable bonds is 4. The molecule has 0 aromatic rings. The second kappa shape index (κ2) is 5.86. The molecule has 0 saturated carbocycles. The molecular weight excluding hydrogens is 184 g/mol. The molecule has 1 rings (SSSR count). The first kappa shape index (κ1) is 13.0. The SMILES string of the molecule is CCC1CNC(C)CN1CC(C)C(C)C. The average Bonchev–Trinajstić information content (AvgIpc) is 2.18. The fraction of sp³-hybridized carbons (Fsp3) is 1.00. The first-order valence-electron chi connectivity index (χ1n) is 6.52. The summed E-state index contributed by atoms with van der Waals surface area (Å²) >= 11 is 0. The van der Waals surface area contributed by atoms with Crippen molar-refractivity contribution in [3.63, 3.8) is 0 Å². The summed E-state index contributed by atoms with van der Waals surface area (Å²) in [5.41, 5.74) is 0. The maximum Gasteiger partial charge on any atom is 0.0218 e. The Balaban J connectivity index is 2.48. The largest absolute Gasteiger partial charge is 0.311 e. The molecule has 1 heterocycles. The van der Waals surface area contributed by atoms with Gasteiger partial charge in [-0.3, -0.25) is 4.90 Å². The maximum absolute atomic E-state index is 3.57. The van der Waals surface area contributed by atoms with Crippen molar-refractivity contribution in [2.45, 2.75) is 53.1 Å². The highest BCUT2D eigenvalue weighted by molar-refractivity contribution is 4.84. The van der Waals surface area contributed by atoms with Gasteiger partial charge in [-0.2, -0.15) is 0 Å². The van der Waals surface area contributed by atoms with Crippen molar-refractivity contribution in [2.75, 3.05) is 19.6 Å². The number of hydrogen-bond donors (Lipinski definition) is 1. The molecule has 3 atom stereocenters. The molecule has 1 aliphatic rings. The lowest BCUT2D eigenvalue weighted by molar-refractivity contribution is 0.104. The summed E-state index contributed by atoms with van der Waals surface area (Å²) in [6.07, 6.45) is 1.27. The summed E-state index contributed by atoms with van der Waals surface area (Å²) in [6, 6.07) is 1.41. The van der Waals surface area contributed by atoms with Crippen LogP contribution in [0.3, 0.4) is 0 Å². The molecule has 1 aliphatic heterocycles. The zero-order valence-corrected chi connectivity index (χ0v) is 11.1. The molecule has 0 bridgehead atoms. The molecule has 0 amide bonds. The van der Waals surface area contributed by atoms with Crippen LogP contribution in [0.15, 0.2) is 0 Å². The van der Waals surface area contributed by atoms with Gasteiger partial charge in [0.05, 0.1) is 0 Å². The van der Waals surface area contributed by atoms with Gasteiger partial charge in [-0.1, -0.05) is 27.7 Å². The van der Waals surface area contributed by atoms with E-state index < -0.39 is 0 Å². The lowest BCUT2D eigenvalue weighted by Crippen LogP contribution is -2.56. The molecule has 1 fully saturated rings. The Labute approximate surface area is 95.4 Å². The van der Waals surface area contributed by atoms with Gasteiger partial charge >= 0.3 is 0 Å². The summed E-state index contributed by atoms with van der Waals surface area (Å²) in [4.78, 5) is 2.69. The smallest absolute Gasteiger partial charge is 0.0218 e. The third-order valence-corrected chi connectivity index (χ3v) is 3.86. The topological polar surface area (TPSA) is 15.3 Å². The number of hydrogen-bond acceptors (Lipinski definition) is 2. The number of nitrogens with one attached hydrogen (secondary N) is 1. The lowest BCUT2D eigenvalue weighted by Gasteiger charge is -2.40. The van der Waals surface area contributed by atoms with Crippen LogP contribution in [0.1, 0.15) is 41.0 Å². The van der Waals surface area contributed by atoms with E-state index in [-0.39, 0.29) is 0 Å². The van der Waals surface area contributed by atoms with Gasteiger partial charge in [-0.15, -0.1) is 0 Å². The number of piperazine rings is 1. The Bertz CT molecular complexity index is 179. The monoisotopic (exact) mass is 212 g/mol. The molecule has 0 radical (unpaired) electrons. The molecule has 2 nitrogen and oxygen atoms in total. The van der Waals surface area contributed by atoms with E-state index in [1.807, 2.05) is 0 Å². The van der Waals surface area contributed by atoms with Gasteiger partial charge in [0.1, 0.15) is 0 Å². The summed E-state index contributed by atoms with van der Waals surface area (Å²) in [5.74, 6) is 1.61.